The van der Waals surface area contributed by atoms with Gasteiger partial charge in [-0.3, -0.25) is 0 Å². The number of benzene rings is 1. The average Bonchev–Trinajstić information content (AvgIpc) is 3.16. The highest BCUT2D eigenvalue weighted by atomic mass is 32.2. The summed E-state index contributed by atoms with van der Waals surface area (Å²) in [5, 5.41) is 3.92. The van der Waals surface area contributed by atoms with E-state index in [1.807, 2.05) is 13.8 Å². The summed E-state index contributed by atoms with van der Waals surface area (Å²) in [5.74, 6) is 0.717. The van der Waals surface area contributed by atoms with Crippen LogP contribution in [0.2, 0.25) is 0 Å². The first-order valence-electron chi connectivity index (χ1n) is 7.62. The molecule has 1 N–H and O–H groups in total. The van der Waals surface area contributed by atoms with E-state index in [1.54, 1.807) is 24.3 Å². The second-order valence-electron chi connectivity index (χ2n) is 5.71. The third kappa shape index (κ3) is 3.46. The molecule has 1 saturated heterocycles. The monoisotopic (exact) mass is 336 g/mol. The first-order chi connectivity index (χ1) is 11.0. The predicted molar refractivity (Wildman–Crippen MR) is 85.6 cm³/mol. The van der Waals surface area contributed by atoms with Crippen LogP contribution in [-0.4, -0.2) is 32.8 Å². The van der Waals surface area contributed by atoms with E-state index >= 15 is 0 Å². The summed E-state index contributed by atoms with van der Waals surface area (Å²) in [6.07, 6.45) is 1.86. The van der Waals surface area contributed by atoms with Gasteiger partial charge in [0.1, 0.15) is 5.76 Å². The van der Waals surface area contributed by atoms with Gasteiger partial charge in [-0.2, -0.15) is 0 Å². The van der Waals surface area contributed by atoms with Gasteiger partial charge < -0.3 is 9.26 Å². The summed E-state index contributed by atoms with van der Waals surface area (Å²) in [6, 6.07) is 6.73. The predicted octanol–water partition coefficient (Wildman–Crippen LogP) is 2.42. The number of hydrogen-bond acceptors (Lipinski definition) is 5. The highest BCUT2D eigenvalue weighted by molar-refractivity contribution is 7.89. The van der Waals surface area contributed by atoms with Crippen molar-refractivity contribution in [3.63, 3.8) is 0 Å². The second kappa shape index (κ2) is 6.43. The number of aromatic nitrogens is 1. The van der Waals surface area contributed by atoms with Gasteiger partial charge in [-0.15, -0.1) is 0 Å². The molecule has 0 aliphatic carbocycles. The Bertz CT molecular complexity index is 755. The number of sulfonamides is 1. The van der Waals surface area contributed by atoms with Crippen LogP contribution < -0.4 is 4.72 Å². The molecular weight excluding hydrogens is 316 g/mol. The molecule has 1 atom stereocenters. The fraction of sp³-hybridized carbons (Fsp3) is 0.438. The maximum Gasteiger partial charge on any atom is 0.240 e. The number of rotatable bonds is 5. The molecule has 1 aromatic heterocycles. The Labute approximate surface area is 135 Å². The minimum absolute atomic E-state index is 0.0219. The van der Waals surface area contributed by atoms with Crippen LogP contribution in [0.1, 0.15) is 24.3 Å². The molecule has 2 heterocycles. The second-order valence-corrected chi connectivity index (χ2v) is 7.48. The molecule has 1 aliphatic heterocycles. The Kier molecular flexibility index (Phi) is 4.52. The molecule has 124 valence electrons. The SMILES string of the molecule is Cc1noc(C)c1-c1ccc(S(=O)(=O)NCC2CCCO2)cc1. The van der Waals surface area contributed by atoms with Crippen molar-refractivity contribution in [2.24, 2.45) is 0 Å². The van der Waals surface area contributed by atoms with E-state index in [0.29, 0.717) is 13.2 Å². The molecule has 0 spiro atoms. The van der Waals surface area contributed by atoms with Gasteiger partial charge in [-0.1, -0.05) is 17.3 Å². The topological polar surface area (TPSA) is 81.4 Å². The molecule has 3 rings (SSSR count). The highest BCUT2D eigenvalue weighted by Gasteiger charge is 2.20. The van der Waals surface area contributed by atoms with E-state index in [9.17, 15) is 8.42 Å². The standard InChI is InChI=1S/C16H20N2O4S/c1-11-16(12(2)22-18-11)13-5-7-15(8-6-13)23(19,20)17-10-14-4-3-9-21-14/h5-8,14,17H,3-4,9-10H2,1-2H3. The zero-order chi connectivity index (χ0) is 16.4. The van der Waals surface area contributed by atoms with Gasteiger partial charge in [0.05, 0.1) is 16.7 Å². The van der Waals surface area contributed by atoms with Gasteiger partial charge in [-0.05, 0) is 44.4 Å². The third-order valence-corrected chi connectivity index (χ3v) is 5.45. The highest BCUT2D eigenvalue weighted by Crippen LogP contribution is 2.27. The summed E-state index contributed by atoms with van der Waals surface area (Å²) < 4.78 is 37.8. The van der Waals surface area contributed by atoms with E-state index in [-0.39, 0.29) is 11.0 Å². The largest absolute Gasteiger partial charge is 0.377 e. The normalized spacial score (nSPS) is 18.4. The average molecular weight is 336 g/mol. The van der Waals surface area contributed by atoms with Crippen LogP contribution in [0.5, 0.6) is 0 Å². The van der Waals surface area contributed by atoms with Gasteiger partial charge in [0.25, 0.3) is 0 Å². The zero-order valence-corrected chi connectivity index (χ0v) is 14.0. The molecular formula is C16H20N2O4S. The summed E-state index contributed by atoms with van der Waals surface area (Å²) in [7, 11) is -3.52. The lowest BCUT2D eigenvalue weighted by molar-refractivity contribution is 0.114. The first kappa shape index (κ1) is 16.2. The van der Waals surface area contributed by atoms with Crippen molar-refractivity contribution in [1.29, 1.82) is 0 Å². The Morgan fingerprint density at radius 3 is 2.57 bits per heavy atom. The molecule has 0 saturated carbocycles. The Hall–Kier alpha value is -1.70. The molecule has 2 aromatic rings. The van der Waals surface area contributed by atoms with Crippen molar-refractivity contribution in [2.45, 2.75) is 37.7 Å². The maximum atomic E-state index is 12.3. The molecule has 1 unspecified atom stereocenters. The smallest absolute Gasteiger partial charge is 0.240 e. The van der Waals surface area contributed by atoms with Crippen molar-refractivity contribution in [3.8, 4) is 11.1 Å². The molecule has 0 bridgehead atoms. The van der Waals surface area contributed by atoms with Crippen molar-refractivity contribution in [3.05, 3.63) is 35.7 Å². The third-order valence-electron chi connectivity index (χ3n) is 4.01. The number of nitrogens with one attached hydrogen (secondary N) is 1. The lowest BCUT2D eigenvalue weighted by Crippen LogP contribution is -2.31. The van der Waals surface area contributed by atoms with E-state index in [2.05, 4.69) is 9.88 Å². The van der Waals surface area contributed by atoms with Crippen LogP contribution in [0, 0.1) is 13.8 Å². The Morgan fingerprint density at radius 2 is 2.00 bits per heavy atom. The fourth-order valence-corrected chi connectivity index (χ4v) is 3.85. The fourth-order valence-electron chi connectivity index (χ4n) is 2.79. The van der Waals surface area contributed by atoms with Crippen molar-refractivity contribution in [1.82, 2.24) is 9.88 Å². The number of hydrogen-bond donors (Lipinski definition) is 1. The summed E-state index contributed by atoms with van der Waals surface area (Å²) in [5.41, 5.74) is 2.58. The lowest BCUT2D eigenvalue weighted by Gasteiger charge is -2.11. The van der Waals surface area contributed by atoms with Crippen LogP contribution in [0.3, 0.4) is 0 Å². The molecule has 1 aromatic carbocycles. The van der Waals surface area contributed by atoms with Crippen LogP contribution in [0.15, 0.2) is 33.7 Å². The van der Waals surface area contributed by atoms with Gasteiger partial charge in [0.15, 0.2) is 0 Å². The Morgan fingerprint density at radius 1 is 1.26 bits per heavy atom. The van der Waals surface area contributed by atoms with Crippen LogP contribution in [0.4, 0.5) is 0 Å². The molecule has 23 heavy (non-hydrogen) atoms. The molecule has 7 heteroatoms. The van der Waals surface area contributed by atoms with Gasteiger partial charge >= 0.3 is 0 Å². The van der Waals surface area contributed by atoms with Gasteiger partial charge in [-0.25, -0.2) is 13.1 Å². The minimum atomic E-state index is -3.52. The first-order valence-corrected chi connectivity index (χ1v) is 9.10. The van der Waals surface area contributed by atoms with E-state index < -0.39 is 10.0 Å². The molecule has 0 radical (unpaired) electrons. The van der Waals surface area contributed by atoms with Crippen molar-refractivity contribution in [2.75, 3.05) is 13.2 Å². The maximum absolute atomic E-state index is 12.3. The van der Waals surface area contributed by atoms with Crippen molar-refractivity contribution < 1.29 is 17.7 Å². The van der Waals surface area contributed by atoms with E-state index in [1.165, 1.54) is 0 Å². The summed E-state index contributed by atoms with van der Waals surface area (Å²) >= 11 is 0. The lowest BCUT2D eigenvalue weighted by atomic mass is 10.0. The van der Waals surface area contributed by atoms with E-state index in [4.69, 9.17) is 9.26 Å². The molecule has 6 nitrogen and oxygen atoms in total. The van der Waals surface area contributed by atoms with Crippen LogP contribution in [0.25, 0.3) is 11.1 Å². The van der Waals surface area contributed by atoms with Gasteiger partial charge in [0, 0.05) is 18.7 Å². The quantitative estimate of drug-likeness (QED) is 0.907. The van der Waals surface area contributed by atoms with Crippen molar-refractivity contribution >= 4 is 10.0 Å². The van der Waals surface area contributed by atoms with Gasteiger partial charge in [0.2, 0.25) is 10.0 Å². The Balaban J connectivity index is 1.75. The molecule has 1 fully saturated rings. The number of aryl methyl sites for hydroxylation is 2. The minimum Gasteiger partial charge on any atom is -0.377 e. The zero-order valence-electron chi connectivity index (χ0n) is 13.2. The molecule has 1 aliphatic rings. The summed E-state index contributed by atoms with van der Waals surface area (Å²) in [4.78, 5) is 0.242. The molecule has 0 amide bonds. The van der Waals surface area contributed by atoms with Crippen LogP contribution in [-0.2, 0) is 14.8 Å². The van der Waals surface area contributed by atoms with E-state index in [0.717, 1.165) is 35.4 Å². The summed E-state index contributed by atoms with van der Waals surface area (Å²) in [6.45, 7) is 4.72. The number of ether oxygens (including phenoxy) is 1. The number of nitrogens with zero attached hydrogens (tertiary/aromatic N) is 1. The van der Waals surface area contributed by atoms with Crippen LogP contribution >= 0.6 is 0 Å².